The zero-order chi connectivity index (χ0) is 15.6. The smallest absolute Gasteiger partial charge is 0.257 e. The number of hydrogen-bond acceptors (Lipinski definition) is 4. The summed E-state index contributed by atoms with van der Waals surface area (Å²) in [4.78, 5) is 19.3. The first-order chi connectivity index (χ1) is 10.8. The molecule has 2 N–H and O–H groups in total. The van der Waals surface area contributed by atoms with Crippen LogP contribution in [-0.2, 0) is 16.2 Å². The molecule has 1 saturated carbocycles. The molecule has 1 aliphatic rings. The molecule has 0 unspecified atom stereocenters. The Balaban J connectivity index is 1.73. The Morgan fingerprint density at radius 2 is 1.95 bits per heavy atom. The minimum Gasteiger partial charge on any atom is -0.395 e. The van der Waals surface area contributed by atoms with Crippen LogP contribution in [0.15, 0.2) is 30.3 Å². The molecular formula is C17H26N2O3. The summed E-state index contributed by atoms with van der Waals surface area (Å²) in [5.74, 6) is -0.157. The van der Waals surface area contributed by atoms with Gasteiger partial charge in [0.15, 0.2) is 0 Å². The number of hydrogen-bond donors (Lipinski definition) is 2. The number of carbonyl (C=O) groups excluding carboxylic acids is 1. The van der Waals surface area contributed by atoms with Gasteiger partial charge in [0.1, 0.15) is 0 Å². The maximum absolute atomic E-state index is 12.0. The Hall–Kier alpha value is -1.43. The van der Waals surface area contributed by atoms with Crippen molar-refractivity contribution in [2.24, 2.45) is 0 Å². The molecule has 0 heterocycles. The van der Waals surface area contributed by atoms with Gasteiger partial charge in [-0.2, -0.15) is 0 Å². The maximum Gasteiger partial charge on any atom is 0.257 e. The Morgan fingerprint density at radius 3 is 2.64 bits per heavy atom. The minimum atomic E-state index is -0.157. The number of nitrogens with one attached hydrogen (secondary N) is 1. The van der Waals surface area contributed by atoms with Crippen LogP contribution >= 0.6 is 0 Å². The third-order valence-electron chi connectivity index (χ3n) is 4.09. The molecule has 22 heavy (non-hydrogen) atoms. The van der Waals surface area contributed by atoms with E-state index in [1.54, 1.807) is 0 Å². The van der Waals surface area contributed by atoms with Crippen LogP contribution in [0.1, 0.15) is 37.7 Å². The van der Waals surface area contributed by atoms with Crippen molar-refractivity contribution in [3.63, 3.8) is 0 Å². The van der Waals surface area contributed by atoms with Gasteiger partial charge in [0.05, 0.1) is 19.8 Å². The molecule has 0 radical (unpaired) electrons. The van der Waals surface area contributed by atoms with Gasteiger partial charge in [-0.15, -0.1) is 0 Å². The first-order valence-corrected chi connectivity index (χ1v) is 8.09. The SMILES string of the molecule is O=C(CN(CCO)C1CCCCC1)NOCc1ccccc1. The summed E-state index contributed by atoms with van der Waals surface area (Å²) in [6.45, 7) is 1.25. The fourth-order valence-electron chi connectivity index (χ4n) is 2.96. The largest absolute Gasteiger partial charge is 0.395 e. The third kappa shape index (κ3) is 5.75. The summed E-state index contributed by atoms with van der Waals surface area (Å²) >= 11 is 0. The molecule has 0 spiro atoms. The molecule has 0 saturated heterocycles. The molecule has 1 aliphatic carbocycles. The van der Waals surface area contributed by atoms with Gasteiger partial charge >= 0.3 is 0 Å². The van der Waals surface area contributed by atoms with Crippen molar-refractivity contribution in [2.45, 2.75) is 44.8 Å². The summed E-state index contributed by atoms with van der Waals surface area (Å²) in [6.07, 6.45) is 5.91. The molecule has 0 aliphatic heterocycles. The Labute approximate surface area is 132 Å². The van der Waals surface area contributed by atoms with E-state index in [1.807, 2.05) is 30.3 Å². The van der Waals surface area contributed by atoms with Gasteiger partial charge in [0, 0.05) is 12.6 Å². The molecule has 0 atom stereocenters. The third-order valence-corrected chi connectivity index (χ3v) is 4.09. The number of nitrogens with zero attached hydrogens (tertiary/aromatic N) is 1. The maximum atomic E-state index is 12.0. The van der Waals surface area contributed by atoms with Crippen molar-refractivity contribution in [2.75, 3.05) is 19.7 Å². The molecule has 5 nitrogen and oxygen atoms in total. The molecule has 0 aromatic heterocycles. The summed E-state index contributed by atoms with van der Waals surface area (Å²) in [6, 6.07) is 10.1. The summed E-state index contributed by atoms with van der Waals surface area (Å²) in [7, 11) is 0. The van der Waals surface area contributed by atoms with E-state index in [4.69, 9.17) is 4.84 Å². The van der Waals surface area contributed by atoms with Crippen molar-refractivity contribution in [1.29, 1.82) is 0 Å². The number of rotatable bonds is 8. The quantitative estimate of drug-likeness (QED) is 0.720. The standard InChI is InChI=1S/C17H26N2O3/c20-12-11-19(16-9-5-2-6-10-16)13-17(21)18-22-14-15-7-3-1-4-8-15/h1,3-4,7-8,16,20H,2,5-6,9-14H2,(H,18,21). The average molecular weight is 306 g/mol. The van der Waals surface area contributed by atoms with E-state index in [0.717, 1.165) is 18.4 Å². The number of aliphatic hydroxyl groups is 1. The van der Waals surface area contributed by atoms with Gasteiger partial charge in [0.25, 0.3) is 5.91 Å². The van der Waals surface area contributed by atoms with E-state index >= 15 is 0 Å². The van der Waals surface area contributed by atoms with Crippen LogP contribution in [0.3, 0.4) is 0 Å². The van der Waals surface area contributed by atoms with Gasteiger partial charge in [-0.25, -0.2) is 5.48 Å². The molecule has 1 aromatic rings. The second-order valence-electron chi connectivity index (χ2n) is 5.79. The van der Waals surface area contributed by atoms with Crippen molar-refractivity contribution in [3.05, 3.63) is 35.9 Å². The van der Waals surface area contributed by atoms with Gasteiger partial charge < -0.3 is 5.11 Å². The molecule has 122 valence electrons. The van der Waals surface area contributed by atoms with E-state index in [1.165, 1.54) is 19.3 Å². The molecule has 1 amide bonds. The van der Waals surface area contributed by atoms with E-state index in [2.05, 4.69) is 10.4 Å². The van der Waals surface area contributed by atoms with E-state index in [0.29, 0.717) is 19.2 Å². The van der Waals surface area contributed by atoms with Crippen LogP contribution in [0, 0.1) is 0 Å². The summed E-state index contributed by atoms with van der Waals surface area (Å²) < 4.78 is 0. The Bertz CT molecular complexity index is 433. The van der Waals surface area contributed by atoms with E-state index in [9.17, 15) is 9.90 Å². The van der Waals surface area contributed by atoms with Crippen LogP contribution < -0.4 is 5.48 Å². The molecular weight excluding hydrogens is 280 g/mol. The first kappa shape index (κ1) is 16.9. The van der Waals surface area contributed by atoms with Crippen molar-refractivity contribution in [3.8, 4) is 0 Å². The van der Waals surface area contributed by atoms with Crippen LogP contribution in [0.4, 0.5) is 0 Å². The predicted octanol–water partition coefficient (Wildman–Crippen LogP) is 1.86. The number of benzene rings is 1. The molecule has 5 heteroatoms. The fraction of sp³-hybridized carbons (Fsp3) is 0.588. The summed E-state index contributed by atoms with van der Waals surface area (Å²) in [5.41, 5.74) is 3.51. The highest BCUT2D eigenvalue weighted by Gasteiger charge is 2.22. The van der Waals surface area contributed by atoms with Crippen LogP contribution in [0.2, 0.25) is 0 Å². The van der Waals surface area contributed by atoms with Crippen LogP contribution in [0.25, 0.3) is 0 Å². The topological polar surface area (TPSA) is 61.8 Å². The minimum absolute atomic E-state index is 0.0780. The number of hydroxylamine groups is 1. The fourth-order valence-corrected chi connectivity index (χ4v) is 2.96. The highest BCUT2D eigenvalue weighted by Crippen LogP contribution is 2.22. The normalized spacial score (nSPS) is 15.9. The predicted molar refractivity (Wildman–Crippen MR) is 84.9 cm³/mol. The molecule has 1 aromatic carbocycles. The molecule has 2 rings (SSSR count). The number of carbonyl (C=O) groups is 1. The van der Waals surface area contributed by atoms with Crippen molar-refractivity contribution in [1.82, 2.24) is 10.4 Å². The van der Waals surface area contributed by atoms with Gasteiger partial charge in [-0.05, 0) is 18.4 Å². The zero-order valence-electron chi connectivity index (χ0n) is 13.0. The van der Waals surface area contributed by atoms with E-state index < -0.39 is 0 Å². The van der Waals surface area contributed by atoms with Crippen molar-refractivity contribution >= 4 is 5.91 Å². The number of aliphatic hydroxyl groups excluding tert-OH is 1. The Morgan fingerprint density at radius 1 is 1.23 bits per heavy atom. The molecule has 0 bridgehead atoms. The van der Waals surface area contributed by atoms with Gasteiger partial charge in [-0.3, -0.25) is 14.5 Å². The van der Waals surface area contributed by atoms with E-state index in [-0.39, 0.29) is 19.1 Å². The Kier molecular flexibility index (Phi) is 7.36. The highest BCUT2D eigenvalue weighted by molar-refractivity contribution is 5.76. The average Bonchev–Trinajstić information content (AvgIpc) is 2.56. The lowest BCUT2D eigenvalue weighted by molar-refractivity contribution is -0.136. The van der Waals surface area contributed by atoms with Crippen LogP contribution in [0.5, 0.6) is 0 Å². The molecule has 1 fully saturated rings. The highest BCUT2D eigenvalue weighted by atomic mass is 16.6. The monoisotopic (exact) mass is 306 g/mol. The zero-order valence-corrected chi connectivity index (χ0v) is 13.0. The second-order valence-corrected chi connectivity index (χ2v) is 5.79. The lowest BCUT2D eigenvalue weighted by Gasteiger charge is -2.33. The lowest BCUT2D eigenvalue weighted by atomic mass is 9.94. The second kappa shape index (κ2) is 9.56. The van der Waals surface area contributed by atoms with Gasteiger partial charge in [-0.1, -0.05) is 49.6 Å². The summed E-state index contributed by atoms with van der Waals surface area (Å²) in [5, 5.41) is 9.20. The lowest BCUT2D eigenvalue weighted by Crippen LogP contribution is -2.45. The number of amides is 1. The first-order valence-electron chi connectivity index (χ1n) is 8.09. The van der Waals surface area contributed by atoms with Gasteiger partial charge in [0.2, 0.25) is 0 Å². The van der Waals surface area contributed by atoms with Crippen LogP contribution in [-0.4, -0.2) is 41.7 Å². The van der Waals surface area contributed by atoms with Crippen molar-refractivity contribution < 1.29 is 14.7 Å².